The van der Waals surface area contributed by atoms with E-state index in [0.29, 0.717) is 17.5 Å². The first kappa shape index (κ1) is 37.8. The van der Waals surface area contributed by atoms with Crippen LogP contribution in [0.3, 0.4) is 0 Å². The molecule has 0 aliphatic carbocycles. The van der Waals surface area contributed by atoms with Crippen molar-refractivity contribution in [3.63, 3.8) is 0 Å². The highest BCUT2D eigenvalue weighted by molar-refractivity contribution is 6.26. The van der Waals surface area contributed by atoms with Crippen LogP contribution in [0.4, 0.5) is 0 Å². The number of hydrogen-bond acceptors (Lipinski definition) is 5. The molecule has 4 aromatic heterocycles. The van der Waals surface area contributed by atoms with Crippen LogP contribution in [-0.4, -0.2) is 19.5 Å². The summed E-state index contributed by atoms with van der Waals surface area (Å²) in [5.74, 6) is 1.66. The quantitative estimate of drug-likeness (QED) is 0.172. The van der Waals surface area contributed by atoms with Gasteiger partial charge in [-0.1, -0.05) is 164 Å². The highest BCUT2D eigenvalue weighted by Gasteiger charge is 2.23. The van der Waals surface area contributed by atoms with Gasteiger partial charge in [0.2, 0.25) is 0 Å². The average Bonchev–Trinajstić information content (AvgIpc) is 4.09. The number of aromatic nitrogens is 4. The zero-order valence-corrected chi connectivity index (χ0v) is 36.9. The Bertz CT molecular complexity index is 4600. The van der Waals surface area contributed by atoms with Crippen LogP contribution in [-0.2, 0) is 0 Å². The summed E-state index contributed by atoms with van der Waals surface area (Å²) in [6, 6.07) is 76.9. The van der Waals surface area contributed by atoms with E-state index in [9.17, 15) is 0 Å². The van der Waals surface area contributed by atoms with Gasteiger partial charge in [-0.05, 0) is 86.6 Å². The second kappa shape index (κ2) is 14.6. The van der Waals surface area contributed by atoms with Gasteiger partial charge in [0.15, 0.2) is 17.5 Å². The molecule has 0 bridgehead atoms. The topological polar surface area (TPSA) is 69.9 Å². The summed E-state index contributed by atoms with van der Waals surface area (Å²) in [4.78, 5) is 15.6. The van der Waals surface area contributed by atoms with Crippen molar-refractivity contribution >= 4 is 98.0 Å². The van der Waals surface area contributed by atoms with Crippen LogP contribution < -0.4 is 0 Å². The molecule has 0 fully saturated rings. The van der Waals surface area contributed by atoms with Gasteiger partial charge in [0.25, 0.3) is 0 Å². The molecule has 15 rings (SSSR count). The lowest BCUT2D eigenvalue weighted by Crippen LogP contribution is -2.00. The molecule has 0 spiro atoms. The van der Waals surface area contributed by atoms with Crippen molar-refractivity contribution in [1.29, 1.82) is 0 Å². The average molecular weight is 881 g/mol. The predicted octanol–water partition coefficient (Wildman–Crippen LogP) is 16.9. The molecule has 0 saturated heterocycles. The van der Waals surface area contributed by atoms with Gasteiger partial charge in [-0.3, -0.25) is 0 Å². The van der Waals surface area contributed by atoms with Gasteiger partial charge in [0, 0.05) is 54.9 Å². The Kier molecular flexibility index (Phi) is 7.97. The Labute approximate surface area is 394 Å². The van der Waals surface area contributed by atoms with E-state index < -0.39 is 0 Å². The number of furan rings is 2. The minimum atomic E-state index is 0.533. The number of nitrogens with zero attached hydrogens (tertiary/aromatic N) is 4. The maximum Gasteiger partial charge on any atom is 0.167 e. The van der Waals surface area contributed by atoms with E-state index in [4.69, 9.17) is 23.8 Å². The fourth-order valence-corrected chi connectivity index (χ4v) is 10.8. The summed E-state index contributed by atoms with van der Waals surface area (Å²) >= 11 is 0. The molecule has 11 aromatic carbocycles. The fraction of sp³-hybridized carbons (Fsp3) is 0. The van der Waals surface area contributed by atoms with Crippen molar-refractivity contribution in [3.8, 4) is 51.0 Å². The second-order valence-corrected chi connectivity index (χ2v) is 17.9. The summed E-state index contributed by atoms with van der Waals surface area (Å²) in [7, 11) is 0. The van der Waals surface area contributed by atoms with Crippen molar-refractivity contribution in [1.82, 2.24) is 19.5 Å². The zero-order chi connectivity index (χ0) is 45.2. The number of para-hydroxylation sites is 2. The number of fused-ring (bicyclic) bond motifs is 14. The largest absolute Gasteiger partial charge is 0.456 e. The Morgan fingerprint density at radius 2 is 0.928 bits per heavy atom. The first-order chi connectivity index (χ1) is 34.2. The lowest BCUT2D eigenvalue weighted by molar-refractivity contribution is 0.669. The molecule has 6 heteroatoms. The van der Waals surface area contributed by atoms with Gasteiger partial charge < -0.3 is 13.4 Å². The Balaban J connectivity index is 0.947. The van der Waals surface area contributed by atoms with E-state index in [0.717, 1.165) is 99.2 Å². The molecular weight excluding hydrogens is 845 g/mol. The normalized spacial score (nSPS) is 12.1. The molecule has 320 valence electrons. The molecule has 0 radical (unpaired) electrons. The van der Waals surface area contributed by atoms with Gasteiger partial charge in [0.05, 0.1) is 22.3 Å². The van der Waals surface area contributed by atoms with Gasteiger partial charge >= 0.3 is 0 Å². The Morgan fingerprint density at radius 1 is 0.304 bits per heavy atom. The first-order valence-corrected chi connectivity index (χ1v) is 23.2. The number of hydrogen-bond donors (Lipinski definition) is 0. The molecule has 0 unspecified atom stereocenters. The Morgan fingerprint density at radius 3 is 1.77 bits per heavy atom. The molecule has 0 saturated carbocycles. The molecular formula is C63H36N4O2. The van der Waals surface area contributed by atoms with Crippen molar-refractivity contribution in [2.45, 2.75) is 0 Å². The van der Waals surface area contributed by atoms with Crippen LogP contribution in [0.25, 0.3) is 149 Å². The van der Waals surface area contributed by atoms with Crippen LogP contribution in [0.1, 0.15) is 0 Å². The van der Waals surface area contributed by atoms with Gasteiger partial charge in [0.1, 0.15) is 22.3 Å². The number of benzene rings is 11. The first-order valence-electron chi connectivity index (χ1n) is 23.2. The van der Waals surface area contributed by atoms with Gasteiger partial charge in [-0.15, -0.1) is 0 Å². The van der Waals surface area contributed by atoms with Crippen LogP contribution >= 0.6 is 0 Å². The highest BCUT2D eigenvalue weighted by atomic mass is 16.3. The van der Waals surface area contributed by atoms with Crippen LogP contribution in [0.2, 0.25) is 0 Å². The predicted molar refractivity (Wildman–Crippen MR) is 283 cm³/mol. The molecule has 0 N–H and O–H groups in total. The lowest BCUT2D eigenvalue weighted by atomic mass is 10.0. The molecule has 0 aliphatic rings. The zero-order valence-electron chi connectivity index (χ0n) is 36.9. The fourth-order valence-electron chi connectivity index (χ4n) is 10.8. The minimum Gasteiger partial charge on any atom is -0.456 e. The maximum absolute atomic E-state index is 6.89. The van der Waals surface area contributed by atoms with Crippen LogP contribution in [0.15, 0.2) is 227 Å². The summed E-state index contributed by atoms with van der Waals surface area (Å²) in [5.41, 5.74) is 11.3. The molecule has 69 heavy (non-hydrogen) atoms. The van der Waals surface area contributed by atoms with Crippen molar-refractivity contribution in [2.75, 3.05) is 0 Å². The van der Waals surface area contributed by atoms with E-state index >= 15 is 0 Å². The summed E-state index contributed by atoms with van der Waals surface area (Å²) in [6.45, 7) is 0. The Hall–Kier alpha value is -9.39. The van der Waals surface area contributed by atoms with Gasteiger partial charge in [-0.2, -0.15) is 0 Å². The molecule has 0 aliphatic heterocycles. The van der Waals surface area contributed by atoms with E-state index in [1.165, 1.54) is 32.3 Å². The second-order valence-electron chi connectivity index (χ2n) is 17.9. The third-order valence-corrected chi connectivity index (χ3v) is 14.0. The molecule has 6 nitrogen and oxygen atoms in total. The molecule has 0 atom stereocenters. The third kappa shape index (κ3) is 5.76. The molecule has 15 aromatic rings. The number of rotatable bonds is 5. The summed E-state index contributed by atoms with van der Waals surface area (Å²) in [6.07, 6.45) is 0. The van der Waals surface area contributed by atoms with Crippen LogP contribution in [0.5, 0.6) is 0 Å². The lowest BCUT2D eigenvalue weighted by Gasteiger charge is -2.13. The summed E-state index contributed by atoms with van der Waals surface area (Å²) < 4.78 is 15.9. The third-order valence-electron chi connectivity index (χ3n) is 14.0. The van der Waals surface area contributed by atoms with Crippen LogP contribution in [0, 0.1) is 0 Å². The van der Waals surface area contributed by atoms with E-state index in [-0.39, 0.29) is 0 Å². The monoisotopic (exact) mass is 880 g/mol. The SMILES string of the molecule is c1ccc(-c2ccc(-c3nc(-c4ccc5oc6cc(-n7c8cc9ccccc9cc8c8c9ccccc9ccc87)c7ccccc7c6c5c4)nc(-c4cccc5c4oc4ccccc45)n3)cc2)cc1. The minimum absolute atomic E-state index is 0.533. The smallest absolute Gasteiger partial charge is 0.167 e. The van der Waals surface area contributed by atoms with E-state index in [2.05, 4.69) is 187 Å². The van der Waals surface area contributed by atoms with E-state index in [1.807, 2.05) is 36.4 Å². The maximum atomic E-state index is 6.89. The van der Waals surface area contributed by atoms with Crippen molar-refractivity contribution in [3.05, 3.63) is 218 Å². The van der Waals surface area contributed by atoms with Gasteiger partial charge in [-0.25, -0.2) is 15.0 Å². The molecule has 0 amide bonds. The standard InChI is InChI=1S/C63H36N4O2/c1-2-13-37(14-3-1)38-25-27-40(28-26-38)61-64-62(66-63(65-61)49-23-12-22-48-46-20-10-11-24-55(46)69-60(48)49)43-30-32-56-51(34-43)59-47-21-9-8-19-45(47)54(36-57(59)68-56)67-52-31-29-39-15-6-7-18-44(39)58(52)50-33-41-16-4-5-17-42(41)35-53(50)67/h1-36H. The molecule has 4 heterocycles. The summed E-state index contributed by atoms with van der Waals surface area (Å²) in [5, 5.41) is 13.6. The van der Waals surface area contributed by atoms with Crippen molar-refractivity contribution < 1.29 is 8.83 Å². The van der Waals surface area contributed by atoms with E-state index in [1.54, 1.807) is 0 Å². The highest BCUT2D eigenvalue weighted by Crippen LogP contribution is 2.44. The van der Waals surface area contributed by atoms with Crippen molar-refractivity contribution in [2.24, 2.45) is 0 Å².